The van der Waals surface area contributed by atoms with Crippen molar-refractivity contribution in [3.8, 4) is 11.5 Å². The van der Waals surface area contributed by atoms with E-state index in [4.69, 9.17) is 9.47 Å². The number of halogens is 1. The van der Waals surface area contributed by atoms with Crippen molar-refractivity contribution in [3.05, 3.63) is 93.7 Å². The minimum absolute atomic E-state index is 0.265. The summed E-state index contributed by atoms with van der Waals surface area (Å²) in [5, 5.41) is 3.06. The smallest absolute Gasteiger partial charge is 0.212 e. The van der Waals surface area contributed by atoms with Crippen LogP contribution in [0, 0.1) is 17.6 Å². The molecule has 1 unspecified atom stereocenters. The van der Waals surface area contributed by atoms with Crippen LogP contribution in [-0.4, -0.2) is 12.8 Å². The lowest BCUT2D eigenvalue weighted by molar-refractivity contribution is 0.0493. The minimum Gasteiger partial charge on any atom is -0.493 e. The van der Waals surface area contributed by atoms with Gasteiger partial charge in [0.25, 0.3) is 0 Å². The van der Waals surface area contributed by atoms with Crippen LogP contribution in [0.15, 0.2) is 65.9 Å². The molecule has 6 heteroatoms. The van der Waals surface area contributed by atoms with Crippen molar-refractivity contribution in [3.63, 3.8) is 0 Å². The number of methoxy groups -OCH3 is 1. The maximum Gasteiger partial charge on any atom is 0.212 e. The number of hydrogen-bond acceptors (Lipinski definition) is 5. The van der Waals surface area contributed by atoms with Crippen molar-refractivity contribution in [2.75, 3.05) is 12.0 Å². The van der Waals surface area contributed by atoms with Gasteiger partial charge in [0.05, 0.1) is 12.5 Å². The highest BCUT2D eigenvalue weighted by Crippen LogP contribution is 2.57. The van der Waals surface area contributed by atoms with Gasteiger partial charge in [-0.1, -0.05) is 29.8 Å². The monoisotopic (exact) mass is 444 g/mol. The standard InChI is InChI=1S/C27H25FN2O3/c1-17-5-10-23-22(13-17)26(2,3)27(30(23)16-18-6-8-20(28)9-7-18)12-11-19-14-21(29-31)15-24(32-4)25(19)33-27/h5-15H,16H2,1-4H3. The van der Waals surface area contributed by atoms with Gasteiger partial charge >= 0.3 is 0 Å². The molecule has 0 amide bonds. The second-order valence-corrected chi connectivity index (χ2v) is 9.15. The Kier molecular flexibility index (Phi) is 4.78. The van der Waals surface area contributed by atoms with Crippen LogP contribution in [-0.2, 0) is 12.0 Å². The predicted molar refractivity (Wildman–Crippen MR) is 128 cm³/mol. The molecule has 1 atom stereocenters. The van der Waals surface area contributed by atoms with Gasteiger partial charge in [0.1, 0.15) is 11.5 Å². The molecule has 2 aliphatic rings. The summed E-state index contributed by atoms with van der Waals surface area (Å²) >= 11 is 0. The number of nitrogens with zero attached hydrogens (tertiary/aromatic N) is 2. The average molecular weight is 445 g/mol. The minimum atomic E-state index is -0.867. The normalized spacial score (nSPS) is 19.7. The number of rotatable bonds is 4. The fourth-order valence-electron chi connectivity index (χ4n) is 4.99. The molecule has 0 aromatic heterocycles. The lowest BCUT2D eigenvalue weighted by atomic mass is 9.76. The summed E-state index contributed by atoms with van der Waals surface area (Å²) in [6, 6.07) is 16.2. The van der Waals surface area contributed by atoms with Crippen molar-refractivity contribution in [1.29, 1.82) is 0 Å². The van der Waals surface area contributed by atoms with Gasteiger partial charge in [-0.2, -0.15) is 0 Å². The van der Waals surface area contributed by atoms with E-state index >= 15 is 0 Å². The Bertz CT molecular complexity index is 1280. The molecule has 0 saturated heterocycles. The fraction of sp³-hybridized carbons (Fsp3) is 0.259. The third-order valence-electron chi connectivity index (χ3n) is 6.81. The number of benzene rings is 3. The highest BCUT2D eigenvalue weighted by atomic mass is 19.1. The number of aryl methyl sites for hydroxylation is 1. The lowest BCUT2D eigenvalue weighted by Gasteiger charge is -2.47. The number of anilines is 1. The molecule has 33 heavy (non-hydrogen) atoms. The maximum atomic E-state index is 13.6. The van der Waals surface area contributed by atoms with Crippen LogP contribution in [0.5, 0.6) is 11.5 Å². The summed E-state index contributed by atoms with van der Waals surface area (Å²) in [4.78, 5) is 13.4. The number of nitroso groups, excluding NO2 is 1. The van der Waals surface area contributed by atoms with E-state index in [9.17, 15) is 9.30 Å². The van der Waals surface area contributed by atoms with Gasteiger partial charge in [0.2, 0.25) is 5.72 Å². The average Bonchev–Trinajstić information content (AvgIpc) is 2.98. The topological polar surface area (TPSA) is 51.1 Å². The Morgan fingerprint density at radius 2 is 1.85 bits per heavy atom. The van der Waals surface area contributed by atoms with Crippen LogP contribution in [0.2, 0.25) is 0 Å². The van der Waals surface area contributed by atoms with E-state index in [1.807, 2.05) is 12.2 Å². The third-order valence-corrected chi connectivity index (χ3v) is 6.81. The SMILES string of the molecule is COc1cc(N=O)cc2c1OC1(C=C2)N(Cc2ccc(F)cc2)c2ccc(C)cc2C1(C)C. The Morgan fingerprint density at radius 1 is 1.09 bits per heavy atom. The Labute approximate surface area is 192 Å². The Hall–Kier alpha value is -3.67. The van der Waals surface area contributed by atoms with Gasteiger partial charge in [0.15, 0.2) is 11.5 Å². The second-order valence-electron chi connectivity index (χ2n) is 9.15. The van der Waals surface area contributed by atoms with Crippen molar-refractivity contribution < 1.29 is 13.9 Å². The van der Waals surface area contributed by atoms with Crippen molar-refractivity contribution in [2.24, 2.45) is 5.18 Å². The molecule has 0 N–H and O–H groups in total. The lowest BCUT2D eigenvalue weighted by Crippen LogP contribution is -2.59. The van der Waals surface area contributed by atoms with Crippen LogP contribution < -0.4 is 14.4 Å². The fourth-order valence-corrected chi connectivity index (χ4v) is 4.99. The van der Waals surface area contributed by atoms with Gasteiger partial charge in [-0.25, -0.2) is 4.39 Å². The molecule has 5 rings (SSSR count). The second kappa shape index (κ2) is 7.44. The van der Waals surface area contributed by atoms with E-state index in [1.165, 1.54) is 23.3 Å². The molecular weight excluding hydrogens is 419 g/mol. The van der Waals surface area contributed by atoms with E-state index in [1.54, 1.807) is 31.4 Å². The first-order chi connectivity index (χ1) is 15.8. The zero-order valence-electron chi connectivity index (χ0n) is 19.1. The van der Waals surface area contributed by atoms with Gasteiger partial charge < -0.3 is 14.4 Å². The molecule has 0 bridgehead atoms. The molecule has 0 radical (unpaired) electrons. The Balaban J connectivity index is 1.69. The quantitative estimate of drug-likeness (QED) is 0.423. The molecule has 1 spiro atoms. The Morgan fingerprint density at radius 3 is 2.55 bits per heavy atom. The highest BCUT2D eigenvalue weighted by molar-refractivity contribution is 5.76. The van der Waals surface area contributed by atoms with Crippen molar-refractivity contribution in [2.45, 2.75) is 38.5 Å². The van der Waals surface area contributed by atoms with E-state index in [-0.39, 0.29) is 11.5 Å². The first kappa shape index (κ1) is 21.2. The van der Waals surface area contributed by atoms with Crippen molar-refractivity contribution >= 4 is 17.5 Å². The predicted octanol–water partition coefficient (Wildman–Crippen LogP) is 6.64. The van der Waals surface area contributed by atoms with Gasteiger partial charge in [0, 0.05) is 23.9 Å². The molecule has 2 heterocycles. The van der Waals surface area contributed by atoms with Crippen LogP contribution >= 0.6 is 0 Å². The largest absolute Gasteiger partial charge is 0.493 e. The number of hydrogen-bond donors (Lipinski definition) is 0. The molecule has 168 valence electrons. The zero-order valence-corrected chi connectivity index (χ0v) is 19.1. The molecular formula is C27H25FN2O3. The van der Waals surface area contributed by atoms with E-state index < -0.39 is 11.1 Å². The summed E-state index contributed by atoms with van der Waals surface area (Å²) in [5.41, 5.74) is 4.08. The van der Waals surface area contributed by atoms with Gasteiger partial charge in [-0.3, -0.25) is 0 Å². The van der Waals surface area contributed by atoms with Crippen LogP contribution in [0.1, 0.15) is 36.1 Å². The third kappa shape index (κ3) is 3.12. The summed E-state index contributed by atoms with van der Waals surface area (Å²) in [5.74, 6) is 0.753. The first-order valence-electron chi connectivity index (χ1n) is 10.9. The molecule has 0 aliphatic carbocycles. The molecule has 0 fully saturated rings. The van der Waals surface area contributed by atoms with Crippen LogP contribution in [0.25, 0.3) is 6.08 Å². The molecule has 0 saturated carbocycles. The summed E-state index contributed by atoms with van der Waals surface area (Å²) in [6.07, 6.45) is 4.01. The summed E-state index contributed by atoms with van der Waals surface area (Å²) in [7, 11) is 1.55. The summed E-state index contributed by atoms with van der Waals surface area (Å²) < 4.78 is 26.0. The molecule has 2 aliphatic heterocycles. The van der Waals surface area contributed by atoms with Crippen LogP contribution in [0.3, 0.4) is 0 Å². The molecule has 3 aromatic rings. The number of fused-ring (bicyclic) bond motifs is 2. The number of ether oxygens (including phenoxy) is 2. The van der Waals surface area contributed by atoms with E-state index in [0.717, 1.165) is 16.8 Å². The summed E-state index contributed by atoms with van der Waals surface area (Å²) in [6.45, 7) is 6.93. The maximum absolute atomic E-state index is 13.6. The van der Waals surface area contributed by atoms with Gasteiger partial charge in [-0.05, 0) is 73.5 Å². The van der Waals surface area contributed by atoms with E-state index in [2.05, 4.69) is 49.0 Å². The highest BCUT2D eigenvalue weighted by Gasteiger charge is 2.59. The van der Waals surface area contributed by atoms with E-state index in [0.29, 0.717) is 18.0 Å². The zero-order chi connectivity index (χ0) is 23.4. The van der Waals surface area contributed by atoms with Gasteiger partial charge in [-0.15, -0.1) is 4.91 Å². The molecule has 3 aromatic carbocycles. The molecule has 5 nitrogen and oxygen atoms in total. The van der Waals surface area contributed by atoms with Crippen LogP contribution in [0.4, 0.5) is 15.8 Å². The van der Waals surface area contributed by atoms with Crippen molar-refractivity contribution in [1.82, 2.24) is 0 Å². The first-order valence-corrected chi connectivity index (χ1v) is 10.9.